The summed E-state index contributed by atoms with van der Waals surface area (Å²) in [6.45, 7) is 4.43. The minimum absolute atomic E-state index is 0.0197. The lowest BCUT2D eigenvalue weighted by Gasteiger charge is -2.21. The maximum atomic E-state index is 13.1. The predicted octanol–water partition coefficient (Wildman–Crippen LogP) is 21.3. The molecule has 0 rings (SSSR count). The van der Waals surface area contributed by atoms with Gasteiger partial charge < -0.3 is 33.8 Å². The van der Waals surface area contributed by atoms with Crippen LogP contribution in [0.15, 0.2) is 134 Å². The van der Waals surface area contributed by atoms with Crippen LogP contribution in [0.1, 0.15) is 285 Å². The Balaban J connectivity index is 5.46. The van der Waals surface area contributed by atoms with Crippen molar-refractivity contribution in [1.29, 1.82) is 0 Å². The van der Waals surface area contributed by atoms with Gasteiger partial charge in [0, 0.05) is 19.3 Å². The minimum atomic E-state index is -5.01. The highest BCUT2D eigenvalue weighted by molar-refractivity contribution is 7.47. The van der Waals surface area contributed by atoms with Gasteiger partial charge in [0.15, 0.2) is 12.2 Å². The normalized spacial score (nSPS) is 14.7. The van der Waals surface area contributed by atoms with Crippen molar-refractivity contribution in [2.75, 3.05) is 39.6 Å². The molecular formula is C79H132O17P2. The molecule has 560 valence electrons. The van der Waals surface area contributed by atoms with Crippen LogP contribution < -0.4 is 0 Å². The van der Waals surface area contributed by atoms with Crippen LogP contribution >= 0.6 is 15.6 Å². The highest BCUT2D eigenvalue weighted by Crippen LogP contribution is 2.45. The van der Waals surface area contributed by atoms with Crippen molar-refractivity contribution < 1.29 is 80.2 Å². The van der Waals surface area contributed by atoms with Crippen LogP contribution in [0.3, 0.4) is 0 Å². The Morgan fingerprint density at radius 2 is 0.571 bits per heavy atom. The highest BCUT2D eigenvalue weighted by atomic mass is 31.2. The van der Waals surface area contributed by atoms with E-state index < -0.39 is 97.5 Å². The summed E-state index contributed by atoms with van der Waals surface area (Å²) >= 11 is 0. The van der Waals surface area contributed by atoms with E-state index in [2.05, 4.69) is 131 Å². The second-order valence-corrected chi connectivity index (χ2v) is 27.4. The first-order valence-corrected chi connectivity index (χ1v) is 40.4. The first kappa shape index (κ1) is 93.2. The summed E-state index contributed by atoms with van der Waals surface area (Å²) in [5, 5.41) is 10.6. The van der Waals surface area contributed by atoms with Gasteiger partial charge in [-0.25, -0.2) is 9.13 Å². The van der Waals surface area contributed by atoms with E-state index in [1.54, 1.807) is 6.08 Å². The average molecular weight is 1420 g/mol. The van der Waals surface area contributed by atoms with Gasteiger partial charge in [-0.2, -0.15) is 0 Å². The van der Waals surface area contributed by atoms with Gasteiger partial charge in [-0.1, -0.05) is 271 Å². The number of hydrogen-bond acceptors (Lipinski definition) is 15. The van der Waals surface area contributed by atoms with Gasteiger partial charge in [0.25, 0.3) is 0 Å². The van der Waals surface area contributed by atoms with E-state index in [1.807, 2.05) is 24.3 Å². The number of ether oxygens (including phenoxy) is 4. The van der Waals surface area contributed by atoms with Crippen LogP contribution in [0.5, 0.6) is 0 Å². The SMILES string of the molecule is CC/C=C\C/C=C\C/C=C\C/C=C\C/C=C\CC(=O)OCC(COP(=O)(O)OCC(O)COP(=O)(O)OCC(COC(=O)CCCCCCC/C=C\C/C=C\CCCCC)OC(=O)CCCCCCCCCCCCCCC)OC(=O)CCCC/C=C\C/C=C\C/C=C\C/C=C\CC. The molecule has 0 aromatic carbocycles. The smallest absolute Gasteiger partial charge is 0.462 e. The molecule has 0 bridgehead atoms. The molecule has 5 atom stereocenters. The number of aliphatic hydroxyl groups is 1. The third-order valence-electron chi connectivity index (χ3n) is 15.1. The van der Waals surface area contributed by atoms with Crippen LogP contribution in [0.4, 0.5) is 0 Å². The van der Waals surface area contributed by atoms with E-state index in [-0.39, 0.29) is 25.7 Å². The van der Waals surface area contributed by atoms with E-state index in [9.17, 15) is 43.2 Å². The maximum absolute atomic E-state index is 13.1. The van der Waals surface area contributed by atoms with Gasteiger partial charge in [0.1, 0.15) is 19.3 Å². The van der Waals surface area contributed by atoms with Crippen molar-refractivity contribution >= 4 is 39.5 Å². The van der Waals surface area contributed by atoms with Crippen molar-refractivity contribution in [3.05, 3.63) is 134 Å². The molecule has 5 unspecified atom stereocenters. The number of esters is 4. The van der Waals surface area contributed by atoms with Crippen molar-refractivity contribution in [3.8, 4) is 0 Å². The van der Waals surface area contributed by atoms with Gasteiger partial charge in [-0.3, -0.25) is 37.3 Å². The van der Waals surface area contributed by atoms with Crippen molar-refractivity contribution in [1.82, 2.24) is 0 Å². The quantitative estimate of drug-likeness (QED) is 0.0169. The Morgan fingerprint density at radius 3 is 0.949 bits per heavy atom. The number of rotatable bonds is 69. The molecule has 0 aromatic rings. The summed E-state index contributed by atoms with van der Waals surface area (Å²) in [5.41, 5.74) is 0. The first-order valence-electron chi connectivity index (χ1n) is 37.4. The summed E-state index contributed by atoms with van der Waals surface area (Å²) < 4.78 is 68.2. The zero-order chi connectivity index (χ0) is 71.8. The molecule has 0 saturated carbocycles. The van der Waals surface area contributed by atoms with Gasteiger partial charge in [0.2, 0.25) is 0 Å². The summed E-state index contributed by atoms with van der Waals surface area (Å²) in [4.78, 5) is 72.7. The summed E-state index contributed by atoms with van der Waals surface area (Å²) in [7, 11) is -9.99. The lowest BCUT2D eigenvalue weighted by molar-refractivity contribution is -0.161. The van der Waals surface area contributed by atoms with Crippen LogP contribution in [-0.2, 0) is 65.4 Å². The number of unbranched alkanes of at least 4 members (excludes halogenated alkanes) is 22. The number of phosphoric acid groups is 2. The molecule has 19 heteroatoms. The molecule has 98 heavy (non-hydrogen) atoms. The number of allylic oxidation sites excluding steroid dienone is 21. The highest BCUT2D eigenvalue weighted by Gasteiger charge is 2.30. The van der Waals surface area contributed by atoms with E-state index >= 15 is 0 Å². The molecular weight excluding hydrogens is 1280 g/mol. The fourth-order valence-corrected chi connectivity index (χ4v) is 11.1. The number of phosphoric ester groups is 2. The summed E-state index contributed by atoms with van der Waals surface area (Å²) in [6, 6.07) is 0. The Morgan fingerprint density at radius 1 is 0.306 bits per heavy atom. The van der Waals surface area contributed by atoms with Gasteiger partial charge >= 0.3 is 39.5 Å². The van der Waals surface area contributed by atoms with E-state index in [0.717, 1.165) is 128 Å². The molecule has 0 radical (unpaired) electrons. The number of aliphatic hydroxyl groups excluding tert-OH is 1. The summed E-state index contributed by atoms with van der Waals surface area (Å²) in [5.74, 6) is -2.39. The Labute approximate surface area is 593 Å². The summed E-state index contributed by atoms with van der Waals surface area (Å²) in [6.07, 6.45) is 77.7. The van der Waals surface area contributed by atoms with Crippen LogP contribution in [0.25, 0.3) is 0 Å². The number of carbonyl (C=O) groups is 4. The third kappa shape index (κ3) is 69.7. The fourth-order valence-electron chi connectivity index (χ4n) is 9.49. The van der Waals surface area contributed by atoms with E-state index in [0.29, 0.717) is 32.1 Å². The Hall–Kier alpha value is -4.80. The Kier molecular flexibility index (Phi) is 67.2. The Bertz CT molecular complexity index is 2380. The molecule has 0 amide bonds. The lowest BCUT2D eigenvalue weighted by atomic mass is 10.0. The largest absolute Gasteiger partial charge is 0.472 e. The zero-order valence-corrected chi connectivity index (χ0v) is 62.7. The molecule has 0 saturated heterocycles. The third-order valence-corrected chi connectivity index (χ3v) is 17.0. The molecule has 3 N–H and O–H groups in total. The number of hydrogen-bond donors (Lipinski definition) is 3. The van der Waals surface area contributed by atoms with Crippen molar-refractivity contribution in [2.45, 2.75) is 303 Å². The predicted molar refractivity (Wildman–Crippen MR) is 399 cm³/mol. The molecule has 0 spiro atoms. The van der Waals surface area contributed by atoms with E-state index in [4.69, 9.17) is 37.0 Å². The van der Waals surface area contributed by atoms with Crippen LogP contribution in [0.2, 0.25) is 0 Å². The van der Waals surface area contributed by atoms with Crippen LogP contribution in [0, 0.1) is 0 Å². The standard InChI is InChI=1S/C79H132O17P2/c1-5-9-13-17-21-25-29-33-36-40-43-47-51-55-59-63-76(81)89-69-74(95-78(83)65-61-57-53-49-45-39-32-28-24-20-16-12-8-4)71-93-97(85,86)91-67-73(80)68-92-98(87,88)94-72-75(96-79(84)66-62-58-54-50-46-42-38-35-31-27-23-19-15-11-7-3)70-90-77(82)64-60-56-52-48-44-41-37-34-30-26-22-18-14-10-6-2/h10-11,14-15,21-23,25-27,33-38,44,46,48,50,56,60,73-75,80H,5-9,12-13,16-20,24,28-32,39-43,45,47,49,51-55,57-59,61-72H2,1-4H3,(H,85,86)(H,87,88)/b14-10-,15-11-,25-21-,26-22-,27-23-,36-33-,37-34-,38-35-,48-44-,50-46-,60-56-. The topological polar surface area (TPSA) is 237 Å². The molecule has 0 aliphatic heterocycles. The molecule has 0 aromatic heterocycles. The first-order chi connectivity index (χ1) is 47.7. The van der Waals surface area contributed by atoms with Gasteiger partial charge in [0.05, 0.1) is 32.8 Å². The second-order valence-electron chi connectivity index (χ2n) is 24.5. The molecule has 17 nitrogen and oxygen atoms in total. The zero-order valence-electron chi connectivity index (χ0n) is 60.9. The molecule has 0 aliphatic rings. The van der Waals surface area contributed by atoms with Gasteiger partial charge in [-0.05, 0) is 122 Å². The van der Waals surface area contributed by atoms with Crippen LogP contribution in [-0.4, -0.2) is 96.7 Å². The fraction of sp³-hybridized carbons (Fsp3) is 0.671. The van der Waals surface area contributed by atoms with Crippen molar-refractivity contribution in [2.24, 2.45) is 0 Å². The minimum Gasteiger partial charge on any atom is -0.462 e. The van der Waals surface area contributed by atoms with Gasteiger partial charge in [-0.15, -0.1) is 0 Å². The molecule has 0 heterocycles. The van der Waals surface area contributed by atoms with Crippen molar-refractivity contribution in [3.63, 3.8) is 0 Å². The molecule has 0 fully saturated rings. The maximum Gasteiger partial charge on any atom is 0.472 e. The molecule has 0 aliphatic carbocycles. The monoisotopic (exact) mass is 1410 g/mol. The second kappa shape index (κ2) is 70.6. The lowest BCUT2D eigenvalue weighted by Crippen LogP contribution is -2.30. The average Bonchev–Trinajstić information content (AvgIpc) is 1.04. The van der Waals surface area contributed by atoms with E-state index in [1.165, 1.54) is 70.6 Å². The number of carbonyl (C=O) groups excluding carboxylic acids is 4.